The van der Waals surface area contributed by atoms with Crippen LogP contribution >= 0.6 is 0 Å². The molecule has 4 atom stereocenters. The minimum atomic E-state index is -4.48. The van der Waals surface area contributed by atoms with Gasteiger partial charge in [0.2, 0.25) is 29.5 Å². The third-order valence-corrected chi connectivity index (χ3v) is 19.6. The molecule has 7 heterocycles. The minimum absolute atomic E-state index is 0.0479. The number of hydrogen-bond donors (Lipinski definition) is 6. The van der Waals surface area contributed by atoms with Crippen molar-refractivity contribution in [2.24, 2.45) is 0 Å². The van der Waals surface area contributed by atoms with Gasteiger partial charge in [0.15, 0.2) is 0 Å². The Bertz CT molecular complexity index is 4390. The zero-order valence-electron chi connectivity index (χ0n) is 59.2. The van der Waals surface area contributed by atoms with Gasteiger partial charge in [-0.2, -0.15) is 39.5 Å². The molecule has 2 unspecified atom stereocenters. The van der Waals surface area contributed by atoms with E-state index >= 15 is 0 Å². The zero-order chi connectivity index (χ0) is 76.0. The summed E-state index contributed by atoms with van der Waals surface area (Å²) in [4.78, 5) is 69.9. The lowest BCUT2D eigenvalue weighted by Gasteiger charge is -2.41. The summed E-state index contributed by atoms with van der Waals surface area (Å²) >= 11 is 0. The van der Waals surface area contributed by atoms with E-state index in [-0.39, 0.29) is 73.0 Å². The molecule has 28 heteroatoms. The van der Waals surface area contributed by atoms with Crippen molar-refractivity contribution in [3.63, 3.8) is 0 Å². The second-order valence-corrected chi connectivity index (χ2v) is 27.2. The van der Waals surface area contributed by atoms with Crippen LogP contribution in [-0.4, -0.2) is 141 Å². The molecule has 19 nitrogen and oxygen atoms in total. The number of aliphatic hydroxyl groups excluding tert-OH is 1. The van der Waals surface area contributed by atoms with Gasteiger partial charge in [0.1, 0.15) is 35.2 Å². The third kappa shape index (κ3) is 18.7. The number of carbonyl (C=O) groups excluding carboxylic acids is 5. The molecule has 0 spiro atoms. The summed E-state index contributed by atoms with van der Waals surface area (Å²) in [5.74, 6) is -0.330. The number of allylic oxidation sites excluding steroid dienone is 2. The maximum Gasteiger partial charge on any atom is 0.416 e. The Hall–Kier alpha value is -9.90. The molecule has 6 N–H and O–H groups in total. The second kappa shape index (κ2) is 32.4. The predicted octanol–water partition coefficient (Wildman–Crippen LogP) is 14.5. The first-order valence-corrected chi connectivity index (χ1v) is 35.1. The van der Waals surface area contributed by atoms with Crippen LogP contribution in [0.5, 0.6) is 23.0 Å². The van der Waals surface area contributed by atoms with Crippen LogP contribution in [0.15, 0.2) is 127 Å². The largest absolute Gasteiger partial charge is 0.493 e. The van der Waals surface area contributed by atoms with Crippen LogP contribution < -0.4 is 50.4 Å². The summed E-state index contributed by atoms with van der Waals surface area (Å²) in [5.41, 5.74) is 5.90. The number of alkyl halides is 9. The Kier molecular flexibility index (Phi) is 23.6. The molecule has 6 aromatic rings. The molecule has 0 saturated carbocycles. The predicted molar refractivity (Wildman–Crippen MR) is 384 cm³/mol. The number of fused-ring (bicyclic) bond motifs is 6. The highest BCUT2D eigenvalue weighted by Crippen LogP contribution is 2.47. The number of benzene rings is 6. The van der Waals surface area contributed by atoms with Crippen molar-refractivity contribution in [1.82, 2.24) is 9.80 Å². The van der Waals surface area contributed by atoms with E-state index in [1.807, 2.05) is 59.0 Å². The number of amides is 5. The third-order valence-electron chi connectivity index (χ3n) is 19.6. The fourth-order valence-electron chi connectivity index (χ4n) is 14.0. The molecule has 1 saturated heterocycles. The molecule has 1 fully saturated rings. The summed E-state index contributed by atoms with van der Waals surface area (Å²) in [7, 11) is 3.73. The van der Waals surface area contributed by atoms with E-state index in [2.05, 4.69) is 36.4 Å². The second-order valence-electron chi connectivity index (χ2n) is 27.2. The average Bonchev–Trinajstić information content (AvgIpc) is 0.816. The highest BCUT2D eigenvalue weighted by atomic mass is 19.4. The van der Waals surface area contributed by atoms with Gasteiger partial charge in [-0.25, -0.2) is 0 Å². The first kappa shape index (κ1) is 77.2. The highest BCUT2D eigenvalue weighted by molar-refractivity contribution is 6.08. The number of rotatable bonds is 12. The van der Waals surface area contributed by atoms with E-state index in [4.69, 9.17) is 28.8 Å². The van der Waals surface area contributed by atoms with Crippen molar-refractivity contribution in [3.05, 3.63) is 172 Å². The number of hydrogen-bond acceptors (Lipinski definition) is 14. The summed E-state index contributed by atoms with van der Waals surface area (Å²) in [6.07, 6.45) is -4.29. The van der Waals surface area contributed by atoms with Gasteiger partial charge < -0.3 is 60.3 Å². The Morgan fingerprint density at radius 2 is 1.04 bits per heavy atom. The van der Waals surface area contributed by atoms with E-state index in [0.717, 1.165) is 65.5 Å². The molecule has 0 aliphatic carbocycles. The number of nitrogens with zero attached hydrogens (tertiary/aromatic N) is 3. The van der Waals surface area contributed by atoms with Crippen LogP contribution in [0, 0.1) is 0 Å². The van der Waals surface area contributed by atoms with Crippen molar-refractivity contribution in [1.29, 1.82) is 0 Å². The summed E-state index contributed by atoms with van der Waals surface area (Å²) in [6.45, 7) is 11.5. The zero-order valence-corrected chi connectivity index (χ0v) is 59.2. The standard InChI is InChI=1S/C28H30F3N3O4.C25H26F3N3O4.C25H27F3N2O3/c1-16-14-34(15-17(2)38-16)24-10-19-5-7-21(13-23(19)33-27(24)36)32-26(35)11-18-4-3-9-37-25-12-20(28(29,30)31)6-8-22(18)25;1-31(8-9-32)21-11-16-4-6-18(14-20(16)30-24(21)34)29-23(33)12-15-3-2-10-35-22-13-17(25(26,27)28)5-7-19(15)22;1-4-24(5-2)15-16(19-8-6-17(25(26,27)28)13-22(19)33-24)12-23(31)29-18-7-9-21-20(14-18)30(3)10-11-32-21/h5-8,11-13,16-17,24H,3-4,9-10,14-15H2,1-2H3,(H,32,35)(H,33,36);4-7,12-14,21,32H,2-3,8-11H2,1H3,(H,29,33)(H,30,34);6-9,12-14H,4-5,10-11,15H2,1-3H3,(H,29,31)/b18-11+;15-12+;16-12+/t16-,17+,24?;;. The number of nitrogens with one attached hydrogen (secondary N) is 5. The molecule has 5 amide bonds. The fraction of sp³-hybridized carbons (Fsp3) is 0.397. The number of anilines is 6. The highest BCUT2D eigenvalue weighted by Gasteiger charge is 2.41. The maximum absolute atomic E-state index is 13.3. The molecule has 7 aliphatic heterocycles. The monoisotopic (exact) mass is 1480 g/mol. The van der Waals surface area contributed by atoms with E-state index in [1.165, 1.54) is 36.4 Å². The lowest BCUT2D eigenvalue weighted by atomic mass is 9.83. The van der Waals surface area contributed by atoms with Gasteiger partial charge in [-0.3, -0.25) is 33.8 Å². The molecule has 564 valence electrons. The molecular weight excluding hydrogens is 1400 g/mol. The molecule has 7 aliphatic rings. The Morgan fingerprint density at radius 3 is 1.54 bits per heavy atom. The van der Waals surface area contributed by atoms with Crippen molar-refractivity contribution in [2.75, 3.05) is 98.2 Å². The number of halogens is 9. The van der Waals surface area contributed by atoms with E-state index in [1.54, 1.807) is 42.3 Å². The fourth-order valence-corrected chi connectivity index (χ4v) is 14.0. The summed E-state index contributed by atoms with van der Waals surface area (Å²) in [5, 5.41) is 23.4. The molecule has 13 rings (SSSR count). The topological polar surface area (TPSA) is 222 Å². The molecule has 0 bridgehead atoms. The van der Waals surface area contributed by atoms with Crippen LogP contribution in [-0.2, 0) is 60.1 Å². The Balaban J connectivity index is 0.000000159. The Labute approximate surface area is 607 Å². The maximum atomic E-state index is 13.3. The van der Waals surface area contributed by atoms with E-state index in [9.17, 15) is 63.5 Å². The number of aliphatic hydroxyl groups is 1. The van der Waals surface area contributed by atoms with E-state index in [0.29, 0.717) is 146 Å². The minimum Gasteiger partial charge on any atom is -0.493 e. The first-order chi connectivity index (χ1) is 50.4. The van der Waals surface area contributed by atoms with E-state index < -0.39 is 58.7 Å². The van der Waals surface area contributed by atoms with Crippen LogP contribution in [0.3, 0.4) is 0 Å². The lowest BCUT2D eigenvalue weighted by Crippen LogP contribution is -2.55. The van der Waals surface area contributed by atoms with Gasteiger partial charge in [-0.05, 0) is 179 Å². The average molecular weight is 1480 g/mol. The van der Waals surface area contributed by atoms with Crippen LogP contribution in [0.25, 0.3) is 16.7 Å². The number of likely N-dealkylation sites (N-methyl/N-ethyl adjacent to an activating group) is 2. The summed E-state index contributed by atoms with van der Waals surface area (Å²) in [6, 6.07) is 25.4. The number of ether oxygens (including phenoxy) is 5. The van der Waals surface area contributed by atoms with Crippen LogP contribution in [0.4, 0.5) is 73.6 Å². The lowest BCUT2D eigenvalue weighted by molar-refractivity contribution is -0.138. The molecule has 6 aromatic carbocycles. The van der Waals surface area contributed by atoms with Crippen molar-refractivity contribution < 1.29 is 92.3 Å². The number of morpholine rings is 1. The molecular formula is C78H83F9N8O11. The molecule has 0 radical (unpaired) electrons. The first-order valence-electron chi connectivity index (χ1n) is 35.1. The van der Waals surface area contributed by atoms with Gasteiger partial charge >= 0.3 is 18.5 Å². The Morgan fingerprint density at radius 1 is 0.585 bits per heavy atom. The smallest absolute Gasteiger partial charge is 0.416 e. The van der Waals surface area contributed by atoms with Gasteiger partial charge in [-0.15, -0.1) is 0 Å². The summed E-state index contributed by atoms with van der Waals surface area (Å²) < 4.78 is 147. The van der Waals surface area contributed by atoms with Crippen LogP contribution in [0.2, 0.25) is 0 Å². The van der Waals surface area contributed by atoms with Crippen molar-refractivity contribution in [3.8, 4) is 23.0 Å². The van der Waals surface area contributed by atoms with Gasteiger partial charge in [0, 0.05) is 96.5 Å². The number of carbonyl (C=O) groups is 5. The van der Waals surface area contributed by atoms with Gasteiger partial charge in [-0.1, -0.05) is 44.2 Å². The van der Waals surface area contributed by atoms with Crippen LogP contribution in [0.1, 0.15) is 117 Å². The normalized spacial score (nSPS) is 20.8. The molecule has 0 aromatic heterocycles. The molecule has 106 heavy (non-hydrogen) atoms. The SMILES string of the molecule is CCC1(CC)C/C(=C\C(=O)Nc2ccc3c(c2)N(C)CCO3)c2ccc(C(F)(F)F)cc2O1.CN(CCO)C1Cc2ccc(NC(=O)/C=C3\CCCOc4cc(C(F)(F)F)ccc43)cc2NC1=O.C[C@@H]1CN(C2Cc3ccc(NC(=O)/C=C4\CCCOc5cc(C(F)(F)F)ccc54)cc3NC2=O)C[C@H](C)O1. The van der Waals surface area contributed by atoms with Gasteiger partial charge in [0.25, 0.3) is 0 Å². The van der Waals surface area contributed by atoms with Crippen molar-refractivity contribution >= 4 is 80.4 Å². The van der Waals surface area contributed by atoms with Gasteiger partial charge in [0.05, 0.1) is 73.0 Å². The van der Waals surface area contributed by atoms with Crippen molar-refractivity contribution in [2.45, 2.75) is 134 Å². The quantitative estimate of drug-likeness (QED) is 0.0496.